The molecule has 4 heterocycles. The number of aromatic nitrogens is 2. The van der Waals surface area contributed by atoms with E-state index >= 15 is 0 Å². The number of benzene rings is 7. The summed E-state index contributed by atoms with van der Waals surface area (Å²) in [5.41, 5.74) is 12.8. The maximum absolute atomic E-state index is 7.03. The summed E-state index contributed by atoms with van der Waals surface area (Å²) < 4.78 is 9.35. The van der Waals surface area contributed by atoms with Crippen molar-refractivity contribution in [2.75, 3.05) is 0 Å². The third kappa shape index (κ3) is 5.22. The van der Waals surface area contributed by atoms with Gasteiger partial charge >= 0.3 is 0 Å². The van der Waals surface area contributed by atoms with Crippen LogP contribution in [0.4, 0.5) is 0 Å². The average molecular weight is 720 g/mol. The molecule has 1 N–H and O–H groups in total. The summed E-state index contributed by atoms with van der Waals surface area (Å²) in [5.74, 6) is 1.50. The lowest BCUT2D eigenvalue weighted by Crippen LogP contribution is -2.33. The van der Waals surface area contributed by atoms with E-state index in [4.69, 9.17) is 19.4 Å². The molecule has 6 nitrogen and oxygen atoms in total. The number of furan rings is 1. The van der Waals surface area contributed by atoms with Crippen LogP contribution >= 0.6 is 0 Å². The van der Waals surface area contributed by atoms with Crippen LogP contribution in [0.15, 0.2) is 202 Å². The fourth-order valence-electron chi connectivity index (χ4n) is 8.03. The summed E-state index contributed by atoms with van der Waals surface area (Å²) in [5, 5.41) is 6.63. The highest BCUT2D eigenvalue weighted by Gasteiger charge is 2.26. The first-order chi connectivity index (χ1) is 27.8. The SMILES string of the molecule is c1ccc(C2=NC(c3ccc(-c4cccc5c4nc(-c4ccccc4)c4c5oc5c6ccccc6n(-c6ccccc6)c54)cc3)NC(c3ccccc3)=N2)cc1. The number of para-hydroxylation sites is 3. The van der Waals surface area contributed by atoms with E-state index in [-0.39, 0.29) is 6.17 Å². The number of fused-ring (bicyclic) bond motifs is 7. The zero-order valence-electron chi connectivity index (χ0n) is 30.2. The largest absolute Gasteiger partial charge is 0.453 e. The van der Waals surface area contributed by atoms with Gasteiger partial charge in [0.25, 0.3) is 0 Å². The third-order valence-corrected chi connectivity index (χ3v) is 10.7. The molecule has 0 radical (unpaired) electrons. The van der Waals surface area contributed by atoms with Crippen molar-refractivity contribution in [1.82, 2.24) is 14.9 Å². The normalized spacial score (nSPS) is 14.2. The smallest absolute Gasteiger partial charge is 0.161 e. The van der Waals surface area contributed by atoms with Crippen LogP contribution in [0.1, 0.15) is 22.9 Å². The number of aliphatic imine (C=N–C) groups is 2. The van der Waals surface area contributed by atoms with Gasteiger partial charge < -0.3 is 14.3 Å². The maximum Gasteiger partial charge on any atom is 0.161 e. The predicted molar refractivity (Wildman–Crippen MR) is 229 cm³/mol. The Labute approximate surface area is 322 Å². The Morgan fingerprint density at radius 2 is 1.14 bits per heavy atom. The van der Waals surface area contributed by atoms with E-state index in [1.54, 1.807) is 0 Å². The summed E-state index contributed by atoms with van der Waals surface area (Å²) in [6.45, 7) is 0. The fourth-order valence-corrected chi connectivity index (χ4v) is 8.03. The van der Waals surface area contributed by atoms with E-state index in [1.807, 2.05) is 42.5 Å². The first-order valence-corrected chi connectivity index (χ1v) is 18.8. The molecule has 0 saturated carbocycles. The molecule has 1 atom stereocenters. The molecule has 0 spiro atoms. The minimum atomic E-state index is -0.317. The van der Waals surface area contributed by atoms with Crippen molar-refractivity contribution in [2.24, 2.45) is 9.98 Å². The number of hydrogen-bond donors (Lipinski definition) is 1. The van der Waals surface area contributed by atoms with Gasteiger partial charge in [0.05, 0.1) is 22.1 Å². The van der Waals surface area contributed by atoms with E-state index in [0.29, 0.717) is 5.84 Å². The monoisotopic (exact) mass is 719 g/mol. The predicted octanol–water partition coefficient (Wildman–Crippen LogP) is 11.9. The fraction of sp³-hybridized carbons (Fsp3) is 0.0200. The summed E-state index contributed by atoms with van der Waals surface area (Å²) >= 11 is 0. The number of amidine groups is 2. The van der Waals surface area contributed by atoms with E-state index in [2.05, 4.69) is 155 Å². The van der Waals surface area contributed by atoms with E-state index in [9.17, 15) is 0 Å². The lowest BCUT2D eigenvalue weighted by molar-refractivity contribution is 0.674. The lowest BCUT2D eigenvalue weighted by atomic mass is 9.97. The highest BCUT2D eigenvalue weighted by Crippen LogP contribution is 2.45. The van der Waals surface area contributed by atoms with Gasteiger partial charge in [-0.05, 0) is 41.5 Å². The summed E-state index contributed by atoms with van der Waals surface area (Å²) in [6.07, 6.45) is -0.317. The molecule has 0 amide bonds. The van der Waals surface area contributed by atoms with Gasteiger partial charge in [-0.2, -0.15) is 0 Å². The first kappa shape index (κ1) is 31.9. The molecule has 10 aromatic rings. The highest BCUT2D eigenvalue weighted by atomic mass is 16.3. The highest BCUT2D eigenvalue weighted by molar-refractivity contribution is 6.25. The molecular weight excluding hydrogens is 687 g/mol. The number of pyridine rings is 1. The molecule has 0 bridgehead atoms. The van der Waals surface area contributed by atoms with E-state index < -0.39 is 0 Å². The van der Waals surface area contributed by atoms with Crippen LogP contribution in [0.25, 0.3) is 71.9 Å². The van der Waals surface area contributed by atoms with Crippen molar-refractivity contribution in [3.05, 3.63) is 205 Å². The van der Waals surface area contributed by atoms with Crippen molar-refractivity contribution in [3.63, 3.8) is 0 Å². The molecule has 6 heteroatoms. The lowest BCUT2D eigenvalue weighted by Gasteiger charge is -2.24. The molecule has 0 aliphatic carbocycles. The Morgan fingerprint density at radius 3 is 1.88 bits per heavy atom. The topological polar surface area (TPSA) is 67.7 Å². The van der Waals surface area contributed by atoms with E-state index in [0.717, 1.165) is 94.5 Å². The quantitative estimate of drug-likeness (QED) is 0.186. The van der Waals surface area contributed by atoms with Crippen molar-refractivity contribution in [1.29, 1.82) is 0 Å². The molecule has 7 aromatic carbocycles. The van der Waals surface area contributed by atoms with Crippen LogP contribution < -0.4 is 5.32 Å². The standard InChI is InChI=1S/C50H33N5O/c1-5-16-33(17-6-1)43-42-45-47(39-24-13-14-27-41(39)55(45)37-22-11-4-12-23-37)56-46(42)40-26-15-25-38(44(40)51-43)32-28-30-36(31-29-32)50-53-48(34-18-7-2-8-19-34)52-49(54-50)35-20-9-3-10-21-35/h1-31,50H,(H,52,53,54). The van der Waals surface area contributed by atoms with Crippen LogP contribution in [0, 0.1) is 0 Å². The molecule has 0 fully saturated rings. The zero-order valence-corrected chi connectivity index (χ0v) is 30.2. The van der Waals surface area contributed by atoms with Gasteiger partial charge in [0, 0.05) is 38.7 Å². The van der Waals surface area contributed by atoms with Gasteiger partial charge in [0.2, 0.25) is 0 Å². The number of hydrogen-bond acceptors (Lipinski definition) is 5. The summed E-state index contributed by atoms with van der Waals surface area (Å²) in [6, 6.07) is 64.8. The van der Waals surface area contributed by atoms with Crippen molar-refractivity contribution < 1.29 is 4.42 Å². The number of nitrogens with one attached hydrogen (secondary N) is 1. The molecule has 1 aliphatic heterocycles. The second-order valence-corrected chi connectivity index (χ2v) is 14.0. The minimum Gasteiger partial charge on any atom is -0.453 e. The molecule has 0 saturated heterocycles. The number of rotatable bonds is 6. The van der Waals surface area contributed by atoms with Gasteiger partial charge in [-0.15, -0.1) is 0 Å². The van der Waals surface area contributed by atoms with Crippen molar-refractivity contribution in [2.45, 2.75) is 6.17 Å². The second kappa shape index (κ2) is 13.1. The Bertz CT molecular complexity index is 3130. The molecule has 3 aromatic heterocycles. The van der Waals surface area contributed by atoms with Crippen molar-refractivity contribution >= 4 is 55.5 Å². The van der Waals surface area contributed by atoms with Gasteiger partial charge in [-0.25, -0.2) is 15.0 Å². The molecule has 56 heavy (non-hydrogen) atoms. The van der Waals surface area contributed by atoms with Gasteiger partial charge in [-0.1, -0.05) is 158 Å². The first-order valence-electron chi connectivity index (χ1n) is 18.8. The van der Waals surface area contributed by atoms with Crippen LogP contribution in [0.3, 0.4) is 0 Å². The Kier molecular flexibility index (Phi) is 7.45. The second-order valence-electron chi connectivity index (χ2n) is 14.0. The van der Waals surface area contributed by atoms with E-state index in [1.165, 1.54) is 0 Å². The zero-order chi connectivity index (χ0) is 37.0. The molecule has 264 valence electrons. The Morgan fingerprint density at radius 1 is 0.518 bits per heavy atom. The van der Waals surface area contributed by atoms with Crippen LogP contribution in [-0.4, -0.2) is 21.2 Å². The van der Waals surface area contributed by atoms with Gasteiger partial charge in [0.15, 0.2) is 11.4 Å². The molecular formula is C50H33N5O. The minimum absolute atomic E-state index is 0.317. The van der Waals surface area contributed by atoms with Crippen LogP contribution in [0.5, 0.6) is 0 Å². The molecule has 1 unspecified atom stereocenters. The Balaban J connectivity index is 1.08. The van der Waals surface area contributed by atoms with Crippen LogP contribution in [-0.2, 0) is 0 Å². The maximum atomic E-state index is 7.03. The summed E-state index contributed by atoms with van der Waals surface area (Å²) in [4.78, 5) is 15.6. The van der Waals surface area contributed by atoms with Gasteiger partial charge in [-0.3, -0.25) is 0 Å². The average Bonchev–Trinajstić information content (AvgIpc) is 3.83. The molecule has 11 rings (SSSR count). The van der Waals surface area contributed by atoms with Gasteiger partial charge in [0.1, 0.15) is 23.1 Å². The van der Waals surface area contributed by atoms with Crippen LogP contribution in [0.2, 0.25) is 0 Å². The molecule has 1 aliphatic rings. The Hall–Kier alpha value is -7.57. The summed E-state index contributed by atoms with van der Waals surface area (Å²) in [7, 11) is 0. The van der Waals surface area contributed by atoms with Crippen molar-refractivity contribution in [3.8, 4) is 28.1 Å². The number of nitrogens with zero attached hydrogens (tertiary/aromatic N) is 4. The third-order valence-electron chi connectivity index (χ3n) is 10.7.